The summed E-state index contributed by atoms with van der Waals surface area (Å²) in [4.78, 5) is 66.4. The van der Waals surface area contributed by atoms with Crippen LogP contribution in [0.25, 0.3) is 56.6 Å². The van der Waals surface area contributed by atoms with Crippen LogP contribution in [0.4, 0.5) is 20.4 Å². The Bertz CT molecular complexity index is 3370. The molecule has 1 amide bonds. The molecule has 0 saturated carbocycles. The first-order valence-corrected chi connectivity index (χ1v) is 24.5. The van der Waals surface area contributed by atoms with E-state index in [-0.39, 0.29) is 29.6 Å². The number of nitrogens with zero attached hydrogens (tertiary/aromatic N) is 5. The highest BCUT2D eigenvalue weighted by molar-refractivity contribution is 5.96. The number of fused-ring (bicyclic) bond motifs is 2. The molecule has 0 unspecified atom stereocenters. The highest BCUT2D eigenvalue weighted by Crippen LogP contribution is 2.32. The smallest absolute Gasteiger partial charge is 0.337 e. The predicted octanol–water partition coefficient (Wildman–Crippen LogP) is 10.2. The zero-order valence-corrected chi connectivity index (χ0v) is 41.5. The van der Waals surface area contributed by atoms with E-state index in [0.29, 0.717) is 74.5 Å². The van der Waals surface area contributed by atoms with Gasteiger partial charge in [0.05, 0.1) is 29.1 Å². The predicted molar refractivity (Wildman–Crippen MR) is 285 cm³/mol. The molecule has 2 fully saturated rings. The summed E-state index contributed by atoms with van der Waals surface area (Å²) in [5.74, 6) is 1.10. The third kappa shape index (κ3) is 14.3. The lowest BCUT2D eigenvalue weighted by atomic mass is 10.0. The normalized spacial score (nSPS) is 15.3. The van der Waals surface area contributed by atoms with Gasteiger partial charge in [-0.1, -0.05) is 0 Å². The lowest BCUT2D eigenvalue weighted by Gasteiger charge is -2.15. The minimum atomic E-state index is -1.01. The van der Waals surface area contributed by atoms with Gasteiger partial charge in [0.25, 0.3) is 5.91 Å². The summed E-state index contributed by atoms with van der Waals surface area (Å²) >= 11 is 0. The van der Waals surface area contributed by atoms with E-state index in [1.807, 2.05) is 50.2 Å². The quantitative estimate of drug-likeness (QED) is 0.0743. The Labute approximate surface area is 431 Å². The maximum absolute atomic E-state index is 13.5. The number of benzene rings is 2. The maximum atomic E-state index is 13.5. The number of amides is 1. The number of carbonyl (C=O) groups is 4. The molecule has 2 aliphatic rings. The number of hydrogen-bond donors (Lipinski definition) is 4. The van der Waals surface area contributed by atoms with Crippen LogP contribution in [0, 0.1) is 13.8 Å². The topological polar surface area (TPSA) is 234 Å². The number of likely N-dealkylation sites (tertiary alicyclic amines) is 1. The molecule has 0 radical (unpaired) electrons. The van der Waals surface area contributed by atoms with Gasteiger partial charge >= 0.3 is 5.97 Å². The number of carboxylic acids is 1. The number of halogens is 2. The van der Waals surface area contributed by atoms with Crippen molar-refractivity contribution in [3.8, 4) is 22.5 Å². The number of carbonyl (C=O) groups excluding carboxylic acids is 3. The van der Waals surface area contributed by atoms with E-state index in [0.717, 1.165) is 79.1 Å². The molecule has 15 nitrogen and oxygen atoms in total. The Morgan fingerprint density at radius 2 is 1.19 bits per heavy atom. The number of aromatic carboxylic acids is 1. The van der Waals surface area contributed by atoms with Crippen molar-refractivity contribution in [3.05, 3.63) is 167 Å². The number of ketones is 2. The van der Waals surface area contributed by atoms with Gasteiger partial charge in [0, 0.05) is 85.5 Å². The third-order valence-electron chi connectivity index (χ3n) is 12.5. The number of rotatable bonds is 14. The molecule has 0 spiro atoms. The summed E-state index contributed by atoms with van der Waals surface area (Å²) in [7, 11) is 0. The SMILES string of the molecule is Cc1cc(-c2ccc(C(=O)N3CC[C@H](F)C3)cn2)cc2cc(CCC(=O)/C=C/c3ccc(N)nc3)oc12.Cc1cc(-c2ccc(C(=O)O)cn2)cc2cc(CCC(=O)/C=C/c3ccc(N)nc3)oc12.F[C@H]1CCNC1. The molecular formula is C58H56F2N8O7. The van der Waals surface area contributed by atoms with Crippen LogP contribution in [0.3, 0.4) is 0 Å². The molecule has 6 aromatic heterocycles. The molecule has 0 bridgehead atoms. The number of aryl methyl sites for hydroxylation is 4. The highest BCUT2D eigenvalue weighted by Gasteiger charge is 2.27. The van der Waals surface area contributed by atoms with Crippen LogP contribution in [0.15, 0.2) is 131 Å². The molecule has 6 N–H and O–H groups in total. The summed E-state index contributed by atoms with van der Waals surface area (Å²) in [5, 5.41) is 13.8. The highest BCUT2D eigenvalue weighted by atomic mass is 19.1. The van der Waals surface area contributed by atoms with E-state index in [1.165, 1.54) is 23.2 Å². The summed E-state index contributed by atoms with van der Waals surface area (Å²) in [6.45, 7) is 5.91. The average molecular weight is 1020 g/mol. The van der Waals surface area contributed by atoms with Crippen molar-refractivity contribution in [2.75, 3.05) is 37.6 Å². The average Bonchev–Trinajstić information content (AvgIpc) is 4.26. The number of alkyl halides is 2. The zero-order chi connectivity index (χ0) is 53.0. The van der Waals surface area contributed by atoms with E-state index in [4.69, 9.17) is 25.4 Å². The molecular weight excluding hydrogens is 959 g/mol. The molecule has 17 heteroatoms. The molecule has 2 aliphatic heterocycles. The van der Waals surface area contributed by atoms with Gasteiger partial charge in [-0.3, -0.25) is 24.4 Å². The van der Waals surface area contributed by atoms with Crippen molar-refractivity contribution in [2.24, 2.45) is 0 Å². The minimum Gasteiger partial charge on any atom is -0.478 e. The molecule has 2 aromatic carbocycles. The number of aromatic nitrogens is 4. The number of anilines is 2. The largest absolute Gasteiger partial charge is 0.478 e. The number of nitrogens with one attached hydrogen (secondary N) is 1. The number of carboxylic acid groups (broad SMARTS) is 1. The van der Waals surface area contributed by atoms with Crippen LogP contribution in [-0.2, 0) is 22.4 Å². The third-order valence-corrected chi connectivity index (χ3v) is 12.5. The molecule has 10 rings (SSSR count). The molecule has 8 heterocycles. The van der Waals surface area contributed by atoms with Crippen LogP contribution < -0.4 is 16.8 Å². The first-order valence-electron chi connectivity index (χ1n) is 24.5. The van der Waals surface area contributed by atoms with E-state index < -0.39 is 18.3 Å². The molecule has 75 heavy (non-hydrogen) atoms. The summed E-state index contributed by atoms with van der Waals surface area (Å²) in [6.07, 6.45) is 13.8. The van der Waals surface area contributed by atoms with Crippen LogP contribution in [0.2, 0.25) is 0 Å². The van der Waals surface area contributed by atoms with E-state index >= 15 is 0 Å². The Balaban J connectivity index is 0.000000180. The minimum absolute atomic E-state index is 0.00973. The van der Waals surface area contributed by atoms with Gasteiger partial charge in [-0.05, 0) is 165 Å². The Morgan fingerprint density at radius 1 is 0.667 bits per heavy atom. The van der Waals surface area contributed by atoms with Gasteiger partial charge in [0.2, 0.25) is 0 Å². The fourth-order valence-electron chi connectivity index (χ4n) is 8.46. The van der Waals surface area contributed by atoms with E-state index in [2.05, 4.69) is 25.3 Å². The number of furan rings is 2. The summed E-state index contributed by atoms with van der Waals surface area (Å²) in [6, 6.07) is 25.5. The summed E-state index contributed by atoms with van der Waals surface area (Å²) < 4.78 is 37.3. The summed E-state index contributed by atoms with van der Waals surface area (Å²) in [5.41, 5.74) is 20.0. The van der Waals surface area contributed by atoms with Crippen molar-refractivity contribution in [1.82, 2.24) is 30.2 Å². The monoisotopic (exact) mass is 1010 g/mol. The van der Waals surface area contributed by atoms with Crippen molar-refractivity contribution >= 4 is 69.2 Å². The molecule has 8 aromatic rings. The van der Waals surface area contributed by atoms with E-state index in [1.54, 1.807) is 79.3 Å². The van der Waals surface area contributed by atoms with Crippen molar-refractivity contribution in [2.45, 2.75) is 64.7 Å². The number of hydrogen-bond acceptors (Lipinski definition) is 13. The van der Waals surface area contributed by atoms with Gasteiger partial charge in [0.1, 0.15) is 46.7 Å². The van der Waals surface area contributed by atoms with Gasteiger partial charge < -0.3 is 35.6 Å². The fraction of sp³-hybridized carbons (Fsp3) is 0.241. The second kappa shape index (κ2) is 24.3. The van der Waals surface area contributed by atoms with Gasteiger partial charge in [-0.15, -0.1) is 0 Å². The second-order valence-corrected chi connectivity index (χ2v) is 18.4. The molecule has 384 valence electrons. The van der Waals surface area contributed by atoms with Gasteiger partial charge in [-0.25, -0.2) is 23.5 Å². The van der Waals surface area contributed by atoms with Crippen molar-refractivity contribution in [3.63, 3.8) is 0 Å². The lowest BCUT2D eigenvalue weighted by molar-refractivity contribution is -0.115. The Kier molecular flexibility index (Phi) is 17.1. The number of nitrogens with two attached hydrogens (primary N) is 2. The van der Waals surface area contributed by atoms with Gasteiger partial charge in [0.15, 0.2) is 11.6 Å². The maximum Gasteiger partial charge on any atom is 0.337 e. The van der Waals surface area contributed by atoms with Crippen molar-refractivity contribution < 1.29 is 41.9 Å². The number of allylic oxidation sites excluding steroid dienone is 2. The molecule has 0 aliphatic carbocycles. The van der Waals surface area contributed by atoms with Crippen LogP contribution in [-0.4, -0.2) is 91.9 Å². The standard InChI is InChI=1S/C29H27FN4O3.C25H21N3O4.C4H8FN/c1-18-12-21(26-8-4-20(16-32-26)29(36)34-11-10-23(30)17-34)13-22-14-25(37-28(18)22)7-6-24(35)5-2-19-3-9-27(31)33-15-19;1-15-10-18(22-8-4-17(14-27-22)25(30)31)11-19-12-21(32-24(15)19)7-6-20(29)5-2-16-3-9-23(26)28-13-16;5-4-1-2-6-3-4/h2-5,8-9,12-16,23H,6-7,10-11,17H2,1H3,(H2,31,33);2-5,8-14H,6-7H2,1H3,(H2,26,28)(H,30,31);4,6H,1-3H2/b2*5-2+;/t23-;;4-/m0.0/s1. The first-order chi connectivity index (χ1) is 36.1. The molecule has 2 saturated heterocycles. The fourth-order valence-corrected chi connectivity index (χ4v) is 8.46. The van der Waals surface area contributed by atoms with Crippen molar-refractivity contribution in [1.29, 1.82) is 0 Å². The van der Waals surface area contributed by atoms with Gasteiger partial charge in [-0.2, -0.15) is 0 Å². The number of pyridine rings is 4. The van der Waals surface area contributed by atoms with Crippen LogP contribution in [0.5, 0.6) is 0 Å². The number of nitrogen functional groups attached to an aromatic ring is 2. The molecule has 2 atom stereocenters. The van der Waals surface area contributed by atoms with Crippen LogP contribution >= 0.6 is 0 Å². The zero-order valence-electron chi connectivity index (χ0n) is 41.5. The van der Waals surface area contributed by atoms with E-state index in [9.17, 15) is 28.0 Å². The lowest BCUT2D eigenvalue weighted by Crippen LogP contribution is -2.29. The second-order valence-electron chi connectivity index (χ2n) is 18.4. The Hall–Kier alpha value is -8.70. The van der Waals surface area contributed by atoms with Crippen LogP contribution in [0.1, 0.15) is 80.2 Å². The Morgan fingerprint density at radius 3 is 1.57 bits per heavy atom. The first kappa shape index (κ1) is 52.6.